The standard InChI is InChI=1S/C25H33ClN4O3/c1-5-33-24(32)19-10-12-28(13-11-19)17(2)15-29-16-25(3,4)30-22(23(29)31)14-21(27-30)18-6-8-20(26)9-7-18/h6-9,14,19,21,27H,2,5,10-13,15-16H2,1,3-4H3. The molecule has 4 rings (SSSR count). The lowest BCUT2D eigenvalue weighted by atomic mass is 9.96. The minimum atomic E-state index is -0.280. The zero-order chi connectivity index (χ0) is 23.8. The number of rotatable bonds is 6. The van der Waals surface area contributed by atoms with Gasteiger partial charge in [-0.15, -0.1) is 0 Å². The van der Waals surface area contributed by atoms with E-state index >= 15 is 0 Å². The van der Waals surface area contributed by atoms with E-state index in [9.17, 15) is 9.59 Å². The SMILES string of the molecule is C=C(CN1CC(C)(C)N2NC(c3ccc(Cl)cc3)C=C2C1=O)N1CCC(C(=O)OCC)CC1. The highest BCUT2D eigenvalue weighted by molar-refractivity contribution is 6.30. The molecule has 1 aromatic rings. The van der Waals surface area contributed by atoms with Gasteiger partial charge in [-0.3, -0.25) is 14.6 Å². The van der Waals surface area contributed by atoms with Crippen molar-refractivity contribution in [3.05, 3.63) is 58.9 Å². The second kappa shape index (κ2) is 9.39. The molecule has 0 bridgehead atoms. The van der Waals surface area contributed by atoms with E-state index in [0.29, 0.717) is 30.4 Å². The number of fused-ring (bicyclic) bond motifs is 1. The van der Waals surface area contributed by atoms with Gasteiger partial charge >= 0.3 is 5.97 Å². The van der Waals surface area contributed by atoms with Gasteiger partial charge in [-0.05, 0) is 57.4 Å². The number of nitrogens with zero attached hydrogens (tertiary/aromatic N) is 3. The quantitative estimate of drug-likeness (QED) is 0.639. The molecule has 0 aliphatic carbocycles. The number of piperidine rings is 1. The number of hydrogen-bond acceptors (Lipinski definition) is 6. The fourth-order valence-corrected chi connectivity index (χ4v) is 5.02. The van der Waals surface area contributed by atoms with E-state index in [-0.39, 0.29) is 29.4 Å². The number of carbonyl (C=O) groups excluding carboxylic acids is 2. The molecule has 3 aliphatic heterocycles. The fraction of sp³-hybridized carbons (Fsp3) is 0.520. The van der Waals surface area contributed by atoms with Gasteiger partial charge in [0.2, 0.25) is 0 Å². The van der Waals surface area contributed by atoms with Crippen LogP contribution in [0.25, 0.3) is 0 Å². The molecule has 1 amide bonds. The predicted molar refractivity (Wildman–Crippen MR) is 128 cm³/mol. The van der Waals surface area contributed by atoms with Gasteiger partial charge in [0.15, 0.2) is 0 Å². The number of hydrogen-bond donors (Lipinski definition) is 1. The number of hydrazine groups is 1. The van der Waals surface area contributed by atoms with Gasteiger partial charge in [0.1, 0.15) is 5.70 Å². The summed E-state index contributed by atoms with van der Waals surface area (Å²) in [5.41, 5.74) is 5.85. The van der Waals surface area contributed by atoms with Crippen LogP contribution < -0.4 is 5.43 Å². The highest BCUT2D eigenvalue weighted by Crippen LogP contribution is 2.35. The van der Waals surface area contributed by atoms with Gasteiger partial charge in [-0.2, -0.15) is 0 Å². The van der Waals surface area contributed by atoms with Gasteiger partial charge in [0.05, 0.1) is 30.7 Å². The van der Waals surface area contributed by atoms with Crippen molar-refractivity contribution in [1.29, 1.82) is 0 Å². The molecule has 7 nitrogen and oxygen atoms in total. The summed E-state index contributed by atoms with van der Waals surface area (Å²) in [6.07, 6.45) is 3.50. The summed E-state index contributed by atoms with van der Waals surface area (Å²) < 4.78 is 5.17. The molecular weight excluding hydrogens is 440 g/mol. The smallest absolute Gasteiger partial charge is 0.309 e. The van der Waals surface area contributed by atoms with Crippen molar-refractivity contribution in [3.63, 3.8) is 0 Å². The molecule has 8 heteroatoms. The number of amides is 1. The van der Waals surface area contributed by atoms with Crippen LogP contribution >= 0.6 is 11.6 Å². The lowest BCUT2D eigenvalue weighted by Crippen LogP contribution is -2.62. The molecule has 1 atom stereocenters. The molecule has 0 saturated carbocycles. The van der Waals surface area contributed by atoms with Crippen molar-refractivity contribution < 1.29 is 14.3 Å². The van der Waals surface area contributed by atoms with Crippen LogP contribution in [0.15, 0.2) is 48.3 Å². The van der Waals surface area contributed by atoms with Gasteiger partial charge in [0, 0.05) is 30.4 Å². The van der Waals surface area contributed by atoms with Crippen LogP contribution in [0.5, 0.6) is 0 Å². The normalized spacial score (nSPS) is 22.8. The molecule has 0 radical (unpaired) electrons. The van der Waals surface area contributed by atoms with Gasteiger partial charge < -0.3 is 14.5 Å². The fourth-order valence-electron chi connectivity index (χ4n) is 4.90. The lowest BCUT2D eigenvalue weighted by Gasteiger charge is -2.47. The van der Waals surface area contributed by atoms with Gasteiger partial charge in [0.25, 0.3) is 5.91 Å². The third kappa shape index (κ3) is 4.89. The van der Waals surface area contributed by atoms with Crippen molar-refractivity contribution in [3.8, 4) is 0 Å². The van der Waals surface area contributed by atoms with Crippen LogP contribution in [0.2, 0.25) is 5.02 Å². The van der Waals surface area contributed by atoms with E-state index in [0.717, 1.165) is 37.2 Å². The molecule has 2 saturated heterocycles. The largest absolute Gasteiger partial charge is 0.466 e. The Balaban J connectivity index is 1.42. The Morgan fingerprint density at radius 1 is 1.24 bits per heavy atom. The number of carbonyl (C=O) groups is 2. The molecule has 2 fully saturated rings. The lowest BCUT2D eigenvalue weighted by molar-refractivity contribution is -0.149. The second-order valence-corrected chi connectivity index (χ2v) is 10.0. The number of halogens is 1. The first-order valence-electron chi connectivity index (χ1n) is 11.6. The van der Waals surface area contributed by atoms with E-state index in [1.54, 1.807) is 0 Å². The van der Waals surface area contributed by atoms with Crippen molar-refractivity contribution in [2.75, 3.05) is 32.8 Å². The Morgan fingerprint density at radius 3 is 2.55 bits per heavy atom. The molecule has 3 aliphatic rings. The summed E-state index contributed by atoms with van der Waals surface area (Å²) in [5, 5.41) is 2.69. The van der Waals surface area contributed by atoms with Crippen LogP contribution in [0.4, 0.5) is 0 Å². The van der Waals surface area contributed by atoms with Gasteiger partial charge in [-0.25, -0.2) is 5.43 Å². The highest BCUT2D eigenvalue weighted by atomic mass is 35.5. The topological polar surface area (TPSA) is 65.1 Å². The maximum atomic E-state index is 13.4. The van der Waals surface area contributed by atoms with E-state index in [1.165, 1.54) is 0 Å². The highest BCUT2D eigenvalue weighted by Gasteiger charge is 2.45. The van der Waals surface area contributed by atoms with Crippen molar-refractivity contribution >= 4 is 23.5 Å². The number of esters is 1. The minimum absolute atomic E-state index is 0.000785. The predicted octanol–water partition coefficient (Wildman–Crippen LogP) is 3.49. The third-order valence-electron chi connectivity index (χ3n) is 6.69. The summed E-state index contributed by atoms with van der Waals surface area (Å²) in [4.78, 5) is 29.5. The van der Waals surface area contributed by atoms with Crippen LogP contribution in [0.3, 0.4) is 0 Å². The van der Waals surface area contributed by atoms with Crippen molar-refractivity contribution in [2.45, 2.75) is 45.2 Å². The molecule has 33 heavy (non-hydrogen) atoms. The summed E-state index contributed by atoms with van der Waals surface area (Å²) in [6, 6.07) is 7.61. The van der Waals surface area contributed by atoms with Gasteiger partial charge in [-0.1, -0.05) is 30.3 Å². The number of benzene rings is 1. The Labute approximate surface area is 201 Å². The number of ether oxygens (including phenoxy) is 1. The Hall–Kier alpha value is -2.51. The first-order chi connectivity index (χ1) is 15.7. The Morgan fingerprint density at radius 2 is 1.91 bits per heavy atom. The van der Waals surface area contributed by atoms with Crippen LogP contribution in [-0.2, 0) is 14.3 Å². The molecular formula is C25H33ClN4O3. The monoisotopic (exact) mass is 472 g/mol. The number of piperazine rings is 1. The van der Waals surface area contributed by atoms with Crippen LogP contribution in [-0.4, -0.2) is 65.0 Å². The average Bonchev–Trinajstić information content (AvgIpc) is 3.25. The molecule has 1 unspecified atom stereocenters. The second-order valence-electron chi connectivity index (χ2n) is 9.60. The zero-order valence-corrected chi connectivity index (χ0v) is 20.4. The third-order valence-corrected chi connectivity index (χ3v) is 6.94. The minimum Gasteiger partial charge on any atom is -0.466 e. The summed E-state index contributed by atoms with van der Waals surface area (Å²) in [7, 11) is 0. The van der Waals surface area contributed by atoms with Crippen LogP contribution in [0.1, 0.15) is 45.2 Å². The summed E-state index contributed by atoms with van der Waals surface area (Å²) in [6.45, 7) is 13.3. The van der Waals surface area contributed by atoms with Crippen molar-refractivity contribution in [2.24, 2.45) is 5.92 Å². The number of nitrogens with one attached hydrogen (secondary N) is 1. The van der Waals surface area contributed by atoms with E-state index in [2.05, 4.69) is 30.8 Å². The van der Waals surface area contributed by atoms with Crippen molar-refractivity contribution in [1.82, 2.24) is 20.2 Å². The molecule has 178 valence electrons. The van der Waals surface area contributed by atoms with E-state index < -0.39 is 0 Å². The first kappa shape index (κ1) is 23.6. The molecule has 3 heterocycles. The van der Waals surface area contributed by atoms with E-state index in [4.69, 9.17) is 16.3 Å². The summed E-state index contributed by atoms with van der Waals surface area (Å²) in [5.74, 6) is -0.148. The molecule has 1 aromatic carbocycles. The Kier molecular flexibility index (Phi) is 6.73. The van der Waals surface area contributed by atoms with Crippen LogP contribution in [0, 0.1) is 5.92 Å². The molecule has 1 N–H and O–H groups in total. The zero-order valence-electron chi connectivity index (χ0n) is 19.6. The average molecular weight is 473 g/mol. The first-order valence-corrected chi connectivity index (χ1v) is 12.0. The van der Waals surface area contributed by atoms with E-state index in [1.807, 2.05) is 47.2 Å². The Bertz CT molecular complexity index is 951. The molecule has 0 aromatic heterocycles. The maximum absolute atomic E-state index is 13.4. The molecule has 0 spiro atoms. The number of likely N-dealkylation sites (tertiary alicyclic amines) is 1. The summed E-state index contributed by atoms with van der Waals surface area (Å²) >= 11 is 6.04. The maximum Gasteiger partial charge on any atom is 0.309 e.